The molecule has 0 fully saturated rings. The predicted octanol–water partition coefficient (Wildman–Crippen LogP) is 2.00. The van der Waals surface area contributed by atoms with Gasteiger partial charge in [-0.05, 0) is 31.0 Å². The molecule has 0 bridgehead atoms. The van der Waals surface area contributed by atoms with Gasteiger partial charge in [0, 0.05) is 6.42 Å². The van der Waals surface area contributed by atoms with Gasteiger partial charge in [-0.25, -0.2) is 4.39 Å². The number of hydrogen-bond acceptors (Lipinski definition) is 4. The first-order valence-corrected chi connectivity index (χ1v) is 6.65. The van der Waals surface area contributed by atoms with Crippen LogP contribution >= 0.6 is 0 Å². The molecule has 0 saturated heterocycles. The molecule has 0 aliphatic heterocycles. The smallest absolute Gasteiger partial charge is 0.221 e. The summed E-state index contributed by atoms with van der Waals surface area (Å²) >= 11 is 0. The molecular formula is C15H19FN2O3. The normalized spacial score (nSPS) is 11.3. The van der Waals surface area contributed by atoms with Crippen molar-refractivity contribution in [3.63, 3.8) is 0 Å². The van der Waals surface area contributed by atoms with Crippen LogP contribution in [0.4, 0.5) is 4.39 Å². The molecule has 0 radical (unpaired) electrons. The average molecular weight is 294 g/mol. The molecule has 1 N–H and O–H groups in total. The van der Waals surface area contributed by atoms with E-state index in [1.54, 1.807) is 25.1 Å². The first-order chi connectivity index (χ1) is 10.1. The first kappa shape index (κ1) is 16.8. The van der Waals surface area contributed by atoms with Crippen molar-refractivity contribution in [1.29, 1.82) is 5.26 Å². The van der Waals surface area contributed by atoms with Gasteiger partial charge in [-0.15, -0.1) is 0 Å². The highest BCUT2D eigenvalue weighted by molar-refractivity contribution is 5.76. The number of carbonyl (C=O) groups excluding carboxylic acids is 1. The van der Waals surface area contributed by atoms with E-state index in [0.29, 0.717) is 17.9 Å². The fraction of sp³-hybridized carbons (Fsp3) is 0.467. The third kappa shape index (κ3) is 5.69. The largest absolute Gasteiger partial charge is 0.493 e. The number of rotatable bonds is 8. The van der Waals surface area contributed by atoms with Gasteiger partial charge in [-0.2, -0.15) is 5.26 Å². The number of alkyl halides is 1. The van der Waals surface area contributed by atoms with Gasteiger partial charge < -0.3 is 14.8 Å². The zero-order valence-corrected chi connectivity index (χ0v) is 12.2. The van der Waals surface area contributed by atoms with E-state index in [1.165, 1.54) is 7.11 Å². The maximum atomic E-state index is 12.1. The highest BCUT2D eigenvalue weighted by Gasteiger charge is 2.09. The number of aryl methyl sites for hydroxylation is 1. The Bertz CT molecular complexity index is 514. The van der Waals surface area contributed by atoms with E-state index >= 15 is 0 Å². The van der Waals surface area contributed by atoms with Gasteiger partial charge in [0.25, 0.3) is 0 Å². The molecule has 1 rings (SSSR count). The number of methoxy groups -OCH3 is 1. The second kappa shape index (κ2) is 8.80. The first-order valence-electron chi connectivity index (χ1n) is 6.65. The quantitative estimate of drug-likeness (QED) is 0.796. The Hall–Kier alpha value is -2.29. The summed E-state index contributed by atoms with van der Waals surface area (Å²) in [4.78, 5) is 11.6. The van der Waals surface area contributed by atoms with Gasteiger partial charge in [0.1, 0.15) is 19.3 Å². The molecule has 0 aliphatic carbocycles. The lowest BCUT2D eigenvalue weighted by atomic mass is 10.1. The number of nitrogens with zero attached hydrogens (tertiary/aromatic N) is 1. The summed E-state index contributed by atoms with van der Waals surface area (Å²) in [5.74, 6) is 0.800. The maximum absolute atomic E-state index is 12.1. The van der Waals surface area contributed by atoms with Gasteiger partial charge in [-0.3, -0.25) is 4.79 Å². The Morgan fingerprint density at radius 2 is 2.24 bits per heavy atom. The van der Waals surface area contributed by atoms with Crippen LogP contribution in [0.25, 0.3) is 0 Å². The second-order valence-corrected chi connectivity index (χ2v) is 4.44. The van der Waals surface area contributed by atoms with Crippen molar-refractivity contribution < 1.29 is 18.7 Å². The van der Waals surface area contributed by atoms with Crippen molar-refractivity contribution in [2.75, 3.05) is 20.4 Å². The summed E-state index contributed by atoms with van der Waals surface area (Å²) < 4.78 is 22.5. The monoisotopic (exact) mass is 294 g/mol. The Morgan fingerprint density at radius 3 is 2.86 bits per heavy atom. The fourth-order valence-corrected chi connectivity index (χ4v) is 1.74. The lowest BCUT2D eigenvalue weighted by molar-refractivity contribution is -0.121. The minimum absolute atomic E-state index is 0.0237. The van der Waals surface area contributed by atoms with Crippen molar-refractivity contribution >= 4 is 5.91 Å². The van der Waals surface area contributed by atoms with E-state index in [0.717, 1.165) is 5.56 Å². The number of hydrogen-bond donors (Lipinski definition) is 1. The maximum Gasteiger partial charge on any atom is 0.221 e. The molecule has 5 nitrogen and oxygen atoms in total. The molecule has 0 aliphatic rings. The molecule has 21 heavy (non-hydrogen) atoms. The summed E-state index contributed by atoms with van der Waals surface area (Å²) in [6.07, 6.45) is 0.795. The Morgan fingerprint density at radius 1 is 1.48 bits per heavy atom. The molecule has 1 aromatic rings. The van der Waals surface area contributed by atoms with E-state index in [2.05, 4.69) is 5.32 Å². The molecule has 0 saturated carbocycles. The summed E-state index contributed by atoms with van der Waals surface area (Å²) in [5.41, 5.74) is 0.902. The van der Waals surface area contributed by atoms with Crippen LogP contribution in [0, 0.1) is 11.3 Å². The third-order valence-corrected chi connectivity index (χ3v) is 2.77. The molecular weight excluding hydrogens is 275 g/mol. The van der Waals surface area contributed by atoms with Crippen LogP contribution in [0.5, 0.6) is 11.5 Å². The molecule has 0 aromatic heterocycles. The summed E-state index contributed by atoms with van der Waals surface area (Å²) in [7, 11) is 1.50. The molecule has 0 spiro atoms. The zero-order chi connectivity index (χ0) is 15.7. The molecule has 1 atom stereocenters. The van der Waals surface area contributed by atoms with Crippen LogP contribution < -0.4 is 14.8 Å². The number of carbonyl (C=O) groups is 1. The Labute approximate surface area is 123 Å². The van der Waals surface area contributed by atoms with Crippen LogP contribution in [-0.2, 0) is 11.2 Å². The van der Waals surface area contributed by atoms with E-state index in [9.17, 15) is 9.18 Å². The topological polar surface area (TPSA) is 71.3 Å². The number of halogens is 1. The summed E-state index contributed by atoms with van der Waals surface area (Å²) in [6, 6.07) is 6.70. The average Bonchev–Trinajstić information content (AvgIpc) is 2.50. The lowest BCUT2D eigenvalue weighted by Crippen LogP contribution is -2.31. The Balaban J connectivity index is 2.60. The highest BCUT2D eigenvalue weighted by Crippen LogP contribution is 2.28. The fourth-order valence-electron chi connectivity index (χ4n) is 1.74. The van der Waals surface area contributed by atoms with E-state index in [4.69, 9.17) is 14.7 Å². The third-order valence-electron chi connectivity index (χ3n) is 2.77. The van der Waals surface area contributed by atoms with E-state index in [1.807, 2.05) is 6.07 Å². The molecule has 1 aromatic carbocycles. The van der Waals surface area contributed by atoms with Crippen LogP contribution in [-0.4, -0.2) is 32.3 Å². The minimum atomic E-state index is -0.567. The Kier molecular flexibility index (Phi) is 7.02. The predicted molar refractivity (Wildman–Crippen MR) is 76.0 cm³/mol. The summed E-state index contributed by atoms with van der Waals surface area (Å²) in [6.45, 7) is 1.03. The van der Waals surface area contributed by atoms with E-state index in [-0.39, 0.29) is 18.9 Å². The second-order valence-electron chi connectivity index (χ2n) is 4.44. The van der Waals surface area contributed by atoms with E-state index < -0.39 is 12.7 Å². The number of nitrogens with one attached hydrogen (secondary N) is 1. The van der Waals surface area contributed by atoms with Crippen LogP contribution in [0.2, 0.25) is 0 Å². The van der Waals surface area contributed by atoms with Gasteiger partial charge in [0.2, 0.25) is 5.91 Å². The summed E-state index contributed by atoms with van der Waals surface area (Å²) in [5, 5.41) is 11.2. The molecule has 1 unspecified atom stereocenters. The van der Waals surface area contributed by atoms with Gasteiger partial charge in [0.15, 0.2) is 11.5 Å². The van der Waals surface area contributed by atoms with Crippen LogP contribution in [0.3, 0.4) is 0 Å². The lowest BCUT2D eigenvalue weighted by Gasteiger charge is -2.11. The van der Waals surface area contributed by atoms with Crippen molar-refractivity contribution in [3.05, 3.63) is 23.8 Å². The standard InChI is InChI=1S/C15H19FN2O3/c1-11(10-17)18-15(19)6-4-12-3-5-13(21-8-7-16)14(9-12)20-2/h3,5,9,11H,4,6-8H2,1-2H3,(H,18,19). The van der Waals surface area contributed by atoms with Crippen molar-refractivity contribution in [3.8, 4) is 17.6 Å². The van der Waals surface area contributed by atoms with Gasteiger partial charge in [0.05, 0.1) is 13.2 Å². The van der Waals surface area contributed by atoms with Crippen molar-refractivity contribution in [2.45, 2.75) is 25.8 Å². The van der Waals surface area contributed by atoms with Crippen molar-refractivity contribution in [2.24, 2.45) is 0 Å². The number of ether oxygens (including phenoxy) is 2. The van der Waals surface area contributed by atoms with Crippen molar-refractivity contribution in [1.82, 2.24) is 5.32 Å². The number of benzene rings is 1. The molecule has 0 heterocycles. The van der Waals surface area contributed by atoms with Gasteiger partial charge >= 0.3 is 0 Å². The molecule has 1 amide bonds. The minimum Gasteiger partial charge on any atom is -0.493 e. The zero-order valence-electron chi connectivity index (χ0n) is 12.2. The SMILES string of the molecule is COc1cc(CCC(=O)NC(C)C#N)ccc1OCCF. The van der Waals surface area contributed by atoms with Crippen LogP contribution in [0.1, 0.15) is 18.9 Å². The number of nitriles is 1. The van der Waals surface area contributed by atoms with Crippen LogP contribution in [0.15, 0.2) is 18.2 Å². The highest BCUT2D eigenvalue weighted by atomic mass is 19.1. The van der Waals surface area contributed by atoms with Gasteiger partial charge in [-0.1, -0.05) is 6.07 Å². The molecule has 6 heteroatoms. The molecule has 114 valence electrons. The number of amides is 1.